The van der Waals surface area contributed by atoms with Crippen LogP contribution in [0.3, 0.4) is 0 Å². The third-order valence-electron chi connectivity index (χ3n) is 3.01. The van der Waals surface area contributed by atoms with Crippen molar-refractivity contribution in [3.8, 4) is 11.5 Å². The SMILES string of the molecule is COc1ccc(S(=O)(=O)Cc2cc(Cl)ccc2OC)cc1. The molecule has 0 N–H and O–H groups in total. The summed E-state index contributed by atoms with van der Waals surface area (Å²) in [6.07, 6.45) is 0. The predicted octanol–water partition coefficient (Wildman–Crippen LogP) is 3.33. The minimum atomic E-state index is -3.48. The second kappa shape index (κ2) is 6.37. The quantitative estimate of drug-likeness (QED) is 0.845. The van der Waals surface area contributed by atoms with Crippen LogP contribution in [-0.4, -0.2) is 22.6 Å². The Kier molecular flexibility index (Phi) is 4.75. The lowest BCUT2D eigenvalue weighted by Crippen LogP contribution is -2.06. The Balaban J connectivity index is 2.34. The normalized spacial score (nSPS) is 11.2. The fourth-order valence-electron chi connectivity index (χ4n) is 1.93. The Morgan fingerprint density at radius 3 is 2.24 bits per heavy atom. The highest BCUT2D eigenvalue weighted by Gasteiger charge is 2.18. The molecular formula is C15H15ClO4S. The van der Waals surface area contributed by atoms with E-state index in [1.54, 1.807) is 30.3 Å². The highest BCUT2D eigenvalue weighted by molar-refractivity contribution is 7.90. The van der Waals surface area contributed by atoms with E-state index in [1.165, 1.54) is 26.4 Å². The molecule has 21 heavy (non-hydrogen) atoms. The molecule has 0 spiro atoms. The van der Waals surface area contributed by atoms with E-state index in [-0.39, 0.29) is 10.6 Å². The number of rotatable bonds is 5. The van der Waals surface area contributed by atoms with Gasteiger partial charge in [0.25, 0.3) is 0 Å². The molecule has 0 amide bonds. The van der Waals surface area contributed by atoms with E-state index in [2.05, 4.69) is 0 Å². The number of benzene rings is 2. The number of ether oxygens (including phenoxy) is 2. The molecule has 0 aliphatic heterocycles. The maximum absolute atomic E-state index is 12.4. The molecule has 0 atom stereocenters. The molecule has 0 bridgehead atoms. The molecule has 0 unspecified atom stereocenters. The third-order valence-corrected chi connectivity index (χ3v) is 4.92. The van der Waals surface area contributed by atoms with Crippen LogP contribution < -0.4 is 9.47 Å². The lowest BCUT2D eigenvalue weighted by Gasteiger charge is -2.10. The monoisotopic (exact) mass is 326 g/mol. The maximum atomic E-state index is 12.4. The Labute approximate surface area is 129 Å². The van der Waals surface area contributed by atoms with E-state index >= 15 is 0 Å². The first-order chi connectivity index (χ1) is 9.96. The lowest BCUT2D eigenvalue weighted by molar-refractivity contribution is 0.411. The van der Waals surface area contributed by atoms with Gasteiger partial charge in [-0.25, -0.2) is 8.42 Å². The van der Waals surface area contributed by atoms with Crippen molar-refractivity contribution in [1.82, 2.24) is 0 Å². The summed E-state index contributed by atoms with van der Waals surface area (Å²) in [5, 5.41) is 0.468. The van der Waals surface area contributed by atoms with Crippen LogP contribution in [0.2, 0.25) is 5.02 Å². The van der Waals surface area contributed by atoms with Gasteiger partial charge in [0.2, 0.25) is 0 Å². The molecular weight excluding hydrogens is 312 g/mol. The number of halogens is 1. The van der Waals surface area contributed by atoms with E-state index in [1.807, 2.05) is 0 Å². The van der Waals surface area contributed by atoms with Gasteiger partial charge in [0.1, 0.15) is 11.5 Å². The first-order valence-electron chi connectivity index (χ1n) is 6.15. The van der Waals surface area contributed by atoms with Crippen molar-refractivity contribution in [3.63, 3.8) is 0 Å². The Morgan fingerprint density at radius 2 is 1.67 bits per heavy atom. The first kappa shape index (κ1) is 15.7. The Hall–Kier alpha value is -1.72. The van der Waals surface area contributed by atoms with Gasteiger partial charge in [0, 0.05) is 10.6 Å². The van der Waals surface area contributed by atoms with Crippen molar-refractivity contribution in [2.24, 2.45) is 0 Å². The predicted molar refractivity (Wildman–Crippen MR) is 81.9 cm³/mol. The van der Waals surface area contributed by atoms with Gasteiger partial charge < -0.3 is 9.47 Å². The highest BCUT2D eigenvalue weighted by Crippen LogP contribution is 2.27. The Morgan fingerprint density at radius 1 is 1.00 bits per heavy atom. The van der Waals surface area contributed by atoms with Crippen LogP contribution in [0.4, 0.5) is 0 Å². The summed E-state index contributed by atoms with van der Waals surface area (Å²) < 4.78 is 35.1. The fourth-order valence-corrected chi connectivity index (χ4v) is 3.48. The van der Waals surface area contributed by atoms with Gasteiger partial charge in [0.15, 0.2) is 9.84 Å². The minimum absolute atomic E-state index is 0.178. The zero-order chi connectivity index (χ0) is 15.5. The lowest BCUT2D eigenvalue weighted by atomic mass is 10.2. The number of sulfone groups is 1. The second-order valence-electron chi connectivity index (χ2n) is 4.39. The minimum Gasteiger partial charge on any atom is -0.497 e. The van der Waals surface area contributed by atoms with Crippen molar-refractivity contribution in [2.45, 2.75) is 10.6 Å². The molecule has 0 saturated carbocycles. The maximum Gasteiger partial charge on any atom is 0.182 e. The van der Waals surface area contributed by atoms with Crippen LogP contribution in [0.1, 0.15) is 5.56 Å². The molecule has 2 rings (SSSR count). The molecule has 0 radical (unpaired) electrons. The van der Waals surface area contributed by atoms with Gasteiger partial charge in [0.05, 0.1) is 24.9 Å². The summed E-state index contributed by atoms with van der Waals surface area (Å²) in [6.45, 7) is 0. The van der Waals surface area contributed by atoms with Crippen LogP contribution in [0, 0.1) is 0 Å². The number of hydrogen-bond donors (Lipinski definition) is 0. The van der Waals surface area contributed by atoms with Crippen molar-refractivity contribution in [3.05, 3.63) is 53.1 Å². The standard InChI is InChI=1S/C15H15ClO4S/c1-19-13-4-6-14(7-5-13)21(17,18)10-11-9-12(16)3-8-15(11)20-2/h3-9H,10H2,1-2H3. The number of hydrogen-bond acceptors (Lipinski definition) is 4. The van der Waals surface area contributed by atoms with E-state index < -0.39 is 9.84 Å². The molecule has 0 aromatic heterocycles. The van der Waals surface area contributed by atoms with E-state index in [4.69, 9.17) is 21.1 Å². The topological polar surface area (TPSA) is 52.6 Å². The zero-order valence-corrected chi connectivity index (χ0v) is 13.2. The summed E-state index contributed by atoms with van der Waals surface area (Å²) >= 11 is 5.92. The third kappa shape index (κ3) is 3.68. The molecule has 2 aromatic carbocycles. The van der Waals surface area contributed by atoms with E-state index in [9.17, 15) is 8.42 Å². The average Bonchev–Trinajstić information content (AvgIpc) is 2.47. The number of methoxy groups -OCH3 is 2. The van der Waals surface area contributed by atoms with Gasteiger partial charge >= 0.3 is 0 Å². The molecule has 0 aliphatic rings. The van der Waals surface area contributed by atoms with Gasteiger partial charge in [-0.05, 0) is 42.5 Å². The van der Waals surface area contributed by atoms with E-state index in [0.29, 0.717) is 22.1 Å². The van der Waals surface area contributed by atoms with Crippen LogP contribution in [0.25, 0.3) is 0 Å². The zero-order valence-electron chi connectivity index (χ0n) is 11.7. The van der Waals surface area contributed by atoms with Gasteiger partial charge in [-0.15, -0.1) is 0 Å². The summed E-state index contributed by atoms with van der Waals surface area (Å²) in [4.78, 5) is 0.227. The average molecular weight is 327 g/mol. The van der Waals surface area contributed by atoms with Gasteiger partial charge in [-0.2, -0.15) is 0 Å². The molecule has 0 fully saturated rings. The van der Waals surface area contributed by atoms with Crippen LogP contribution in [-0.2, 0) is 15.6 Å². The summed E-state index contributed by atoms with van der Waals surface area (Å²) in [5.41, 5.74) is 0.529. The van der Waals surface area contributed by atoms with Crippen LogP contribution in [0.5, 0.6) is 11.5 Å². The van der Waals surface area contributed by atoms with Crippen molar-refractivity contribution in [1.29, 1.82) is 0 Å². The van der Waals surface area contributed by atoms with E-state index in [0.717, 1.165) is 0 Å². The van der Waals surface area contributed by atoms with Crippen LogP contribution >= 0.6 is 11.6 Å². The molecule has 0 heterocycles. The van der Waals surface area contributed by atoms with Crippen molar-refractivity contribution >= 4 is 21.4 Å². The summed E-state index contributed by atoms with van der Waals surface area (Å²) in [5.74, 6) is 0.925. The van der Waals surface area contributed by atoms with Crippen molar-refractivity contribution < 1.29 is 17.9 Å². The first-order valence-corrected chi connectivity index (χ1v) is 8.18. The van der Waals surface area contributed by atoms with Gasteiger partial charge in [-0.3, -0.25) is 0 Å². The van der Waals surface area contributed by atoms with Crippen LogP contribution in [0.15, 0.2) is 47.4 Å². The summed E-state index contributed by atoms with van der Waals surface area (Å²) in [6, 6.07) is 11.2. The molecule has 4 nitrogen and oxygen atoms in total. The fraction of sp³-hybridized carbons (Fsp3) is 0.200. The summed E-state index contributed by atoms with van der Waals surface area (Å²) in [7, 11) is -0.461. The Bertz CT molecular complexity index is 724. The largest absolute Gasteiger partial charge is 0.497 e. The second-order valence-corrected chi connectivity index (χ2v) is 6.82. The highest BCUT2D eigenvalue weighted by atomic mass is 35.5. The molecule has 0 saturated heterocycles. The van der Waals surface area contributed by atoms with Crippen molar-refractivity contribution in [2.75, 3.05) is 14.2 Å². The molecule has 2 aromatic rings. The molecule has 0 aliphatic carbocycles. The smallest absolute Gasteiger partial charge is 0.182 e. The van der Waals surface area contributed by atoms with Gasteiger partial charge in [-0.1, -0.05) is 11.6 Å². The molecule has 112 valence electrons. The molecule has 6 heteroatoms.